The Kier molecular flexibility index (Phi) is 4.11. The summed E-state index contributed by atoms with van der Waals surface area (Å²) in [7, 11) is 0. The Hall–Kier alpha value is -2.17. The van der Waals surface area contributed by atoms with Gasteiger partial charge in [0.05, 0.1) is 11.3 Å². The van der Waals surface area contributed by atoms with Crippen LogP contribution in [0, 0.1) is 13.8 Å². The van der Waals surface area contributed by atoms with Crippen LogP contribution >= 0.6 is 0 Å². The van der Waals surface area contributed by atoms with E-state index in [0.717, 1.165) is 11.1 Å². The van der Waals surface area contributed by atoms with Crippen molar-refractivity contribution in [1.82, 2.24) is 5.32 Å². The molecule has 1 aromatic rings. The number of amides is 2. The summed E-state index contributed by atoms with van der Waals surface area (Å²) in [6.07, 6.45) is 0.184. The van der Waals surface area contributed by atoms with Gasteiger partial charge in [-0.05, 0) is 44.9 Å². The van der Waals surface area contributed by atoms with Gasteiger partial charge >= 0.3 is 0 Å². The third-order valence-electron chi connectivity index (χ3n) is 3.43. The predicted molar refractivity (Wildman–Crippen MR) is 80.5 cm³/mol. The van der Waals surface area contributed by atoms with Crippen molar-refractivity contribution in [2.75, 3.05) is 11.4 Å². The fraction of sp³-hybridized carbons (Fsp3) is 0.438. The number of fused-ring (bicyclic) bond motifs is 1. The molecule has 0 bridgehead atoms. The molecule has 0 unspecified atom stereocenters. The van der Waals surface area contributed by atoms with Crippen LogP contribution in [0.4, 0.5) is 5.69 Å². The molecule has 2 rings (SSSR count). The summed E-state index contributed by atoms with van der Waals surface area (Å²) in [5.41, 5.74) is 2.89. The van der Waals surface area contributed by atoms with Crippen LogP contribution in [0.25, 0.3) is 0 Å². The summed E-state index contributed by atoms with van der Waals surface area (Å²) < 4.78 is 0. The van der Waals surface area contributed by atoms with Gasteiger partial charge in [0.25, 0.3) is 11.7 Å². The molecule has 0 radical (unpaired) electrons. The summed E-state index contributed by atoms with van der Waals surface area (Å²) in [5, 5.41) is 2.78. The highest BCUT2D eigenvalue weighted by Gasteiger charge is 2.37. The fourth-order valence-electron chi connectivity index (χ4n) is 2.62. The molecule has 1 N–H and O–H groups in total. The van der Waals surface area contributed by atoms with Crippen LogP contribution in [-0.4, -0.2) is 30.2 Å². The number of aryl methyl sites for hydroxylation is 2. The van der Waals surface area contributed by atoms with Crippen molar-refractivity contribution in [3.8, 4) is 0 Å². The Labute approximate surface area is 124 Å². The van der Waals surface area contributed by atoms with E-state index in [2.05, 4.69) is 5.32 Å². The Balaban J connectivity index is 2.21. The third-order valence-corrected chi connectivity index (χ3v) is 3.43. The summed E-state index contributed by atoms with van der Waals surface area (Å²) in [5.74, 6) is -1.15. The largest absolute Gasteiger partial charge is 0.354 e. The van der Waals surface area contributed by atoms with Crippen LogP contribution in [0.5, 0.6) is 0 Å². The van der Waals surface area contributed by atoms with Gasteiger partial charge < -0.3 is 10.2 Å². The van der Waals surface area contributed by atoms with Crippen molar-refractivity contribution in [2.45, 2.75) is 40.2 Å². The summed E-state index contributed by atoms with van der Waals surface area (Å²) in [4.78, 5) is 37.3. The first-order valence-electron chi connectivity index (χ1n) is 7.08. The maximum atomic E-state index is 12.1. The molecule has 5 nitrogen and oxygen atoms in total. The van der Waals surface area contributed by atoms with Crippen molar-refractivity contribution in [3.05, 3.63) is 28.8 Å². The van der Waals surface area contributed by atoms with Gasteiger partial charge in [-0.2, -0.15) is 0 Å². The van der Waals surface area contributed by atoms with Crippen molar-refractivity contribution in [2.24, 2.45) is 0 Å². The second-order valence-electron chi connectivity index (χ2n) is 5.73. The first kappa shape index (κ1) is 15.2. The zero-order valence-electron chi connectivity index (χ0n) is 12.8. The van der Waals surface area contributed by atoms with Gasteiger partial charge in [0.1, 0.15) is 0 Å². The van der Waals surface area contributed by atoms with Crippen LogP contribution in [-0.2, 0) is 9.59 Å². The van der Waals surface area contributed by atoms with Gasteiger partial charge in [0, 0.05) is 19.0 Å². The lowest BCUT2D eigenvalue weighted by molar-refractivity contribution is -0.121. The number of Topliss-reactive ketones (excluding diaryl/α,β-unsaturated/α-hetero) is 1. The maximum Gasteiger partial charge on any atom is 0.299 e. The second kappa shape index (κ2) is 5.68. The monoisotopic (exact) mass is 288 g/mol. The number of hydrogen-bond acceptors (Lipinski definition) is 3. The molecule has 21 heavy (non-hydrogen) atoms. The van der Waals surface area contributed by atoms with Crippen molar-refractivity contribution >= 4 is 23.3 Å². The van der Waals surface area contributed by atoms with E-state index in [4.69, 9.17) is 0 Å². The number of anilines is 1. The van der Waals surface area contributed by atoms with E-state index in [1.807, 2.05) is 39.8 Å². The van der Waals surface area contributed by atoms with Crippen molar-refractivity contribution in [1.29, 1.82) is 0 Å². The molecule has 0 saturated carbocycles. The average Bonchev–Trinajstić information content (AvgIpc) is 2.58. The molecule has 1 aliphatic rings. The molecule has 0 aromatic heterocycles. The van der Waals surface area contributed by atoms with Gasteiger partial charge in [0.2, 0.25) is 5.91 Å². The third kappa shape index (κ3) is 2.96. The lowest BCUT2D eigenvalue weighted by Crippen LogP contribution is -2.36. The molecule has 112 valence electrons. The first-order valence-corrected chi connectivity index (χ1v) is 7.08. The standard InChI is InChI=1S/C16H20N2O3/c1-9(2)17-13(19)5-6-18-12-8-10(3)7-11(4)14(12)15(20)16(18)21/h7-9H,5-6H2,1-4H3,(H,17,19). The number of carbonyl (C=O) groups is 3. The minimum atomic E-state index is -0.545. The Morgan fingerprint density at radius 1 is 1.24 bits per heavy atom. The molecule has 5 heteroatoms. The van der Waals surface area contributed by atoms with Gasteiger partial charge in [-0.25, -0.2) is 0 Å². The molecular weight excluding hydrogens is 268 g/mol. The zero-order valence-corrected chi connectivity index (χ0v) is 12.8. The molecular formula is C16H20N2O3. The quantitative estimate of drug-likeness (QED) is 0.858. The molecule has 0 atom stereocenters. The van der Waals surface area contributed by atoms with Gasteiger partial charge in [-0.15, -0.1) is 0 Å². The van der Waals surface area contributed by atoms with Crippen LogP contribution in [0.3, 0.4) is 0 Å². The SMILES string of the molecule is Cc1cc(C)c2c(c1)N(CCC(=O)NC(C)C)C(=O)C2=O. The highest BCUT2D eigenvalue weighted by molar-refractivity contribution is 6.52. The molecule has 1 heterocycles. The topological polar surface area (TPSA) is 66.5 Å². The number of rotatable bonds is 4. The van der Waals surface area contributed by atoms with Crippen LogP contribution < -0.4 is 10.2 Å². The Morgan fingerprint density at radius 3 is 2.52 bits per heavy atom. The van der Waals surface area contributed by atoms with Crippen LogP contribution in [0.15, 0.2) is 12.1 Å². The van der Waals surface area contributed by atoms with E-state index in [9.17, 15) is 14.4 Å². The van der Waals surface area contributed by atoms with Gasteiger partial charge in [-0.1, -0.05) is 6.07 Å². The average molecular weight is 288 g/mol. The number of carbonyl (C=O) groups excluding carboxylic acids is 3. The minimum Gasteiger partial charge on any atom is -0.354 e. The van der Waals surface area contributed by atoms with Crippen molar-refractivity contribution in [3.63, 3.8) is 0 Å². The Bertz CT molecular complexity index is 620. The van der Waals surface area contributed by atoms with E-state index in [-0.39, 0.29) is 24.9 Å². The van der Waals surface area contributed by atoms with E-state index >= 15 is 0 Å². The second-order valence-corrected chi connectivity index (χ2v) is 5.73. The zero-order chi connectivity index (χ0) is 15.7. The van der Waals surface area contributed by atoms with Crippen molar-refractivity contribution < 1.29 is 14.4 Å². The minimum absolute atomic E-state index is 0.0604. The summed E-state index contributed by atoms with van der Waals surface area (Å²) in [6.45, 7) is 7.73. The van der Waals surface area contributed by atoms with Crippen LogP contribution in [0.1, 0.15) is 41.8 Å². The number of nitrogens with one attached hydrogen (secondary N) is 1. The van der Waals surface area contributed by atoms with Gasteiger partial charge in [0.15, 0.2) is 0 Å². The first-order chi connectivity index (χ1) is 9.81. The molecule has 1 aromatic carbocycles. The molecule has 0 saturated heterocycles. The predicted octanol–water partition coefficient (Wildman–Crippen LogP) is 1.75. The fourth-order valence-corrected chi connectivity index (χ4v) is 2.62. The molecule has 0 fully saturated rings. The number of hydrogen-bond donors (Lipinski definition) is 1. The lowest BCUT2D eigenvalue weighted by atomic mass is 10.0. The normalized spacial score (nSPS) is 13.9. The number of benzene rings is 1. The Morgan fingerprint density at radius 2 is 1.90 bits per heavy atom. The molecule has 1 aliphatic heterocycles. The highest BCUT2D eigenvalue weighted by atomic mass is 16.2. The molecule has 0 aliphatic carbocycles. The summed E-state index contributed by atoms with van der Waals surface area (Å²) in [6, 6.07) is 3.77. The molecule has 0 spiro atoms. The summed E-state index contributed by atoms with van der Waals surface area (Å²) >= 11 is 0. The molecule has 2 amide bonds. The van der Waals surface area contributed by atoms with Gasteiger partial charge in [-0.3, -0.25) is 14.4 Å². The highest BCUT2D eigenvalue weighted by Crippen LogP contribution is 2.32. The maximum absolute atomic E-state index is 12.1. The van der Waals surface area contributed by atoms with E-state index in [0.29, 0.717) is 11.3 Å². The number of ketones is 1. The lowest BCUT2D eigenvalue weighted by Gasteiger charge is -2.17. The van der Waals surface area contributed by atoms with E-state index in [1.54, 1.807) is 0 Å². The van der Waals surface area contributed by atoms with E-state index < -0.39 is 11.7 Å². The van der Waals surface area contributed by atoms with Crippen LogP contribution in [0.2, 0.25) is 0 Å². The number of nitrogens with zero attached hydrogens (tertiary/aromatic N) is 1. The van der Waals surface area contributed by atoms with E-state index in [1.165, 1.54) is 4.90 Å². The smallest absolute Gasteiger partial charge is 0.299 e.